The number of aliphatic hydroxyl groups excluding tert-OH is 1. The normalized spacial score (nSPS) is 10.5. The summed E-state index contributed by atoms with van der Waals surface area (Å²) in [5, 5.41) is 8.41. The molecule has 74 valence electrons. The van der Waals surface area contributed by atoms with Gasteiger partial charge in [0.1, 0.15) is 0 Å². The molecule has 0 saturated carbocycles. The summed E-state index contributed by atoms with van der Waals surface area (Å²) >= 11 is 0. The topological polar surface area (TPSA) is 47.9 Å². The van der Waals surface area contributed by atoms with Crippen molar-refractivity contribution >= 4 is 0 Å². The summed E-state index contributed by atoms with van der Waals surface area (Å²) in [6.45, 7) is 3.20. The van der Waals surface area contributed by atoms with Crippen molar-refractivity contribution in [3.8, 4) is 0 Å². The average Bonchev–Trinajstić information content (AvgIpc) is 2.10. The van der Waals surface area contributed by atoms with Gasteiger partial charge in [-0.05, 0) is 6.42 Å². The molecule has 0 unspecified atom stereocenters. The summed E-state index contributed by atoms with van der Waals surface area (Å²) in [4.78, 5) is 0. The van der Waals surface area contributed by atoms with Crippen LogP contribution in [-0.4, -0.2) is 51.9 Å². The van der Waals surface area contributed by atoms with E-state index < -0.39 is 0 Å². The van der Waals surface area contributed by atoms with Gasteiger partial charge in [0.25, 0.3) is 0 Å². The molecule has 0 aromatic carbocycles. The molecule has 0 amide bonds. The van der Waals surface area contributed by atoms with E-state index in [4.69, 9.17) is 19.3 Å². The van der Waals surface area contributed by atoms with Crippen molar-refractivity contribution in [1.82, 2.24) is 0 Å². The van der Waals surface area contributed by atoms with Crippen LogP contribution in [0.5, 0.6) is 0 Å². The minimum absolute atomic E-state index is 0.185. The molecule has 0 aliphatic carbocycles. The van der Waals surface area contributed by atoms with E-state index in [0.29, 0.717) is 39.5 Å². The summed E-state index contributed by atoms with van der Waals surface area (Å²) < 4.78 is 15.1. The molecule has 0 bridgehead atoms. The van der Waals surface area contributed by atoms with Gasteiger partial charge in [-0.15, -0.1) is 0 Å². The van der Waals surface area contributed by atoms with Crippen LogP contribution in [0.2, 0.25) is 0 Å². The van der Waals surface area contributed by atoms with Crippen LogP contribution in [0.3, 0.4) is 0 Å². The summed E-state index contributed by atoms with van der Waals surface area (Å²) in [5.74, 6) is 0. The van der Waals surface area contributed by atoms with E-state index in [2.05, 4.69) is 0 Å². The van der Waals surface area contributed by atoms with Crippen molar-refractivity contribution in [3.05, 3.63) is 0 Å². The van der Waals surface area contributed by atoms with Crippen molar-refractivity contribution < 1.29 is 19.3 Å². The average molecular weight is 178 g/mol. The van der Waals surface area contributed by atoms with Crippen LogP contribution in [0, 0.1) is 0 Å². The summed E-state index contributed by atoms with van der Waals surface area (Å²) in [6.07, 6.45) is 0.693. The van der Waals surface area contributed by atoms with Crippen LogP contribution in [0.1, 0.15) is 6.42 Å². The van der Waals surface area contributed by atoms with Gasteiger partial charge in [0.2, 0.25) is 0 Å². The van der Waals surface area contributed by atoms with E-state index in [1.54, 1.807) is 7.11 Å². The van der Waals surface area contributed by atoms with Gasteiger partial charge in [0.05, 0.1) is 26.4 Å². The Morgan fingerprint density at radius 1 is 0.917 bits per heavy atom. The summed E-state index contributed by atoms with van der Waals surface area (Å²) in [6, 6.07) is 0. The SMILES string of the molecule is COCCOCCOCCCO. The Balaban J connectivity index is 2.73. The Kier molecular flexibility index (Phi) is 10.7. The molecule has 12 heavy (non-hydrogen) atoms. The minimum atomic E-state index is 0.185. The van der Waals surface area contributed by atoms with Crippen LogP contribution < -0.4 is 0 Å². The maximum Gasteiger partial charge on any atom is 0.0701 e. The maximum absolute atomic E-state index is 8.41. The fourth-order valence-electron chi connectivity index (χ4n) is 0.631. The zero-order valence-corrected chi connectivity index (χ0v) is 7.62. The Morgan fingerprint density at radius 2 is 1.50 bits per heavy atom. The van der Waals surface area contributed by atoms with Crippen LogP contribution in [0.4, 0.5) is 0 Å². The molecule has 0 fully saturated rings. The van der Waals surface area contributed by atoms with Crippen molar-refractivity contribution in [3.63, 3.8) is 0 Å². The number of hydrogen-bond donors (Lipinski definition) is 1. The molecule has 4 heteroatoms. The molecule has 4 nitrogen and oxygen atoms in total. The maximum atomic E-state index is 8.41. The second kappa shape index (κ2) is 10.8. The molecule has 1 N–H and O–H groups in total. The van der Waals surface area contributed by atoms with E-state index in [9.17, 15) is 0 Å². The molecule has 0 saturated heterocycles. The largest absolute Gasteiger partial charge is 0.396 e. The van der Waals surface area contributed by atoms with Crippen molar-refractivity contribution in [2.45, 2.75) is 6.42 Å². The Bertz CT molecular complexity index is 67.5. The monoisotopic (exact) mass is 178 g/mol. The molecule has 0 aliphatic rings. The van der Waals surface area contributed by atoms with E-state index in [1.807, 2.05) is 0 Å². The number of hydrogen-bond acceptors (Lipinski definition) is 4. The molecule has 0 radical (unpaired) electrons. The van der Waals surface area contributed by atoms with E-state index in [0.717, 1.165) is 0 Å². The molecule has 0 aromatic heterocycles. The molecular formula is C8H18O4. The first-order valence-corrected chi connectivity index (χ1v) is 4.17. The first-order chi connectivity index (χ1) is 5.91. The molecule has 0 spiro atoms. The standard InChI is InChI=1S/C8H18O4/c1-10-5-6-12-8-7-11-4-2-3-9/h9H,2-8H2,1H3. The molecule has 0 heterocycles. The Hall–Kier alpha value is -0.160. The highest BCUT2D eigenvalue weighted by atomic mass is 16.5. The predicted octanol–water partition coefficient (Wildman–Crippen LogP) is 0.0484. The smallest absolute Gasteiger partial charge is 0.0701 e. The van der Waals surface area contributed by atoms with Gasteiger partial charge in [-0.25, -0.2) is 0 Å². The van der Waals surface area contributed by atoms with Gasteiger partial charge in [-0.1, -0.05) is 0 Å². The lowest BCUT2D eigenvalue weighted by Crippen LogP contribution is -2.09. The molecular weight excluding hydrogens is 160 g/mol. The van der Waals surface area contributed by atoms with E-state index >= 15 is 0 Å². The number of aliphatic hydroxyl groups is 1. The second-order valence-corrected chi connectivity index (χ2v) is 2.29. The van der Waals surface area contributed by atoms with Gasteiger partial charge in [0.15, 0.2) is 0 Å². The first kappa shape index (κ1) is 11.8. The highest BCUT2D eigenvalue weighted by Crippen LogP contribution is 1.82. The molecule has 0 aliphatic heterocycles. The van der Waals surface area contributed by atoms with Gasteiger partial charge in [-0.2, -0.15) is 0 Å². The number of rotatable bonds is 9. The van der Waals surface area contributed by atoms with Crippen molar-refractivity contribution in [2.24, 2.45) is 0 Å². The van der Waals surface area contributed by atoms with Crippen LogP contribution >= 0.6 is 0 Å². The van der Waals surface area contributed by atoms with Gasteiger partial charge in [-0.3, -0.25) is 0 Å². The molecule has 0 atom stereocenters. The zero-order chi connectivity index (χ0) is 9.07. The first-order valence-electron chi connectivity index (χ1n) is 4.17. The lowest BCUT2D eigenvalue weighted by Gasteiger charge is -2.04. The number of ether oxygens (including phenoxy) is 3. The molecule has 0 aromatic rings. The number of methoxy groups -OCH3 is 1. The van der Waals surface area contributed by atoms with Crippen molar-refractivity contribution in [1.29, 1.82) is 0 Å². The summed E-state index contributed by atoms with van der Waals surface area (Å²) in [5.41, 5.74) is 0. The van der Waals surface area contributed by atoms with Gasteiger partial charge >= 0.3 is 0 Å². The van der Waals surface area contributed by atoms with Crippen LogP contribution in [0.25, 0.3) is 0 Å². The van der Waals surface area contributed by atoms with Crippen molar-refractivity contribution in [2.75, 3.05) is 46.8 Å². The third-order valence-electron chi connectivity index (χ3n) is 1.25. The highest BCUT2D eigenvalue weighted by Gasteiger charge is 1.89. The third kappa shape index (κ3) is 9.84. The third-order valence-corrected chi connectivity index (χ3v) is 1.25. The predicted molar refractivity (Wildman–Crippen MR) is 45.2 cm³/mol. The Labute approximate surface area is 73.4 Å². The van der Waals surface area contributed by atoms with Gasteiger partial charge < -0.3 is 19.3 Å². The lowest BCUT2D eigenvalue weighted by molar-refractivity contribution is 0.0219. The fourth-order valence-corrected chi connectivity index (χ4v) is 0.631. The van der Waals surface area contributed by atoms with Crippen LogP contribution in [0.15, 0.2) is 0 Å². The lowest BCUT2D eigenvalue weighted by atomic mass is 10.5. The fraction of sp³-hybridized carbons (Fsp3) is 1.00. The van der Waals surface area contributed by atoms with E-state index in [-0.39, 0.29) is 6.61 Å². The molecule has 0 rings (SSSR count). The van der Waals surface area contributed by atoms with Gasteiger partial charge in [0, 0.05) is 20.3 Å². The second-order valence-electron chi connectivity index (χ2n) is 2.29. The summed E-state index contributed by atoms with van der Waals surface area (Å²) in [7, 11) is 1.64. The quantitative estimate of drug-likeness (QED) is 0.507. The van der Waals surface area contributed by atoms with Crippen LogP contribution in [-0.2, 0) is 14.2 Å². The minimum Gasteiger partial charge on any atom is -0.396 e. The van der Waals surface area contributed by atoms with E-state index in [1.165, 1.54) is 0 Å². The highest BCUT2D eigenvalue weighted by molar-refractivity contribution is 4.33. The Morgan fingerprint density at radius 3 is 2.08 bits per heavy atom. The zero-order valence-electron chi connectivity index (χ0n) is 7.62.